The first kappa shape index (κ1) is 21.0. The number of rotatable bonds is 6. The van der Waals surface area contributed by atoms with E-state index in [-0.39, 0.29) is 0 Å². The number of ether oxygens (including phenoxy) is 1. The van der Waals surface area contributed by atoms with Crippen molar-refractivity contribution in [2.24, 2.45) is 0 Å². The quantitative estimate of drug-likeness (QED) is 0.444. The van der Waals surface area contributed by atoms with E-state index in [1.54, 1.807) is 10.8 Å². The highest BCUT2D eigenvalue weighted by atomic mass is 32.2. The summed E-state index contributed by atoms with van der Waals surface area (Å²) >= 11 is 0. The first-order chi connectivity index (χ1) is 12.4. The third-order valence-electron chi connectivity index (χ3n) is 3.14. The second kappa shape index (κ2) is 7.72. The van der Waals surface area contributed by atoms with Gasteiger partial charge in [-0.1, -0.05) is 30.3 Å². The maximum atomic E-state index is 14.0. The highest BCUT2D eigenvalue weighted by molar-refractivity contribution is 7.89. The molecule has 0 saturated heterocycles. The summed E-state index contributed by atoms with van der Waals surface area (Å²) in [7, 11) is -5.11. The predicted octanol–water partition coefficient (Wildman–Crippen LogP) is 3.66. The van der Waals surface area contributed by atoms with E-state index >= 15 is 0 Å². The van der Waals surface area contributed by atoms with Crippen molar-refractivity contribution < 1.29 is 43.9 Å². The van der Waals surface area contributed by atoms with Crippen LogP contribution in [0.15, 0.2) is 35.2 Å². The first-order valence-electron chi connectivity index (χ1n) is 7.03. The van der Waals surface area contributed by atoms with Gasteiger partial charge in [-0.25, -0.2) is 26.3 Å². The summed E-state index contributed by atoms with van der Waals surface area (Å²) in [6.45, 7) is -2.74. The highest BCUT2D eigenvalue weighted by Crippen LogP contribution is 2.35. The Morgan fingerprint density at radius 1 is 0.889 bits per heavy atom. The van der Waals surface area contributed by atoms with E-state index in [1.165, 1.54) is 24.3 Å². The van der Waals surface area contributed by atoms with Crippen molar-refractivity contribution in [3.8, 4) is 5.75 Å². The lowest BCUT2D eigenvalue weighted by atomic mass is 10.2. The molecule has 0 amide bonds. The molecule has 0 aliphatic heterocycles. The van der Waals surface area contributed by atoms with Crippen LogP contribution in [-0.4, -0.2) is 21.2 Å². The summed E-state index contributed by atoms with van der Waals surface area (Å²) in [5, 5.41) is 0. The molecule has 2 rings (SSSR count). The molecule has 0 heterocycles. The van der Waals surface area contributed by atoms with Gasteiger partial charge in [0.15, 0.2) is 28.9 Å². The highest BCUT2D eigenvalue weighted by Gasteiger charge is 2.37. The minimum Gasteiger partial charge on any atom is -0.479 e. The molecule has 0 aliphatic carbocycles. The fourth-order valence-electron chi connectivity index (χ4n) is 1.96. The third-order valence-corrected chi connectivity index (χ3v) is 4.57. The molecule has 0 fully saturated rings. The second-order valence-corrected chi connectivity index (χ2v) is 6.83. The fourth-order valence-corrected chi connectivity index (χ4v) is 3.18. The Balaban J connectivity index is 2.49. The zero-order valence-electron chi connectivity index (χ0n) is 13.1. The fraction of sp³-hybridized carbons (Fsp3) is 0.200. The van der Waals surface area contributed by atoms with Crippen molar-refractivity contribution in [2.75, 3.05) is 6.61 Å². The number of halogens is 7. The van der Waals surface area contributed by atoms with Crippen molar-refractivity contribution in [2.45, 2.75) is 17.6 Å². The second-order valence-electron chi connectivity index (χ2n) is 5.13. The Labute approximate surface area is 148 Å². The molecule has 0 atom stereocenters. The summed E-state index contributed by atoms with van der Waals surface area (Å²) in [6.07, 6.45) is -5.08. The van der Waals surface area contributed by atoms with Gasteiger partial charge in [-0.2, -0.15) is 17.6 Å². The maximum Gasteiger partial charge on any atom is 0.422 e. The topological polar surface area (TPSA) is 55.4 Å². The Hall–Kier alpha value is -2.34. The minimum atomic E-state index is -5.11. The van der Waals surface area contributed by atoms with Crippen LogP contribution in [0.4, 0.5) is 30.7 Å². The number of benzene rings is 2. The van der Waals surface area contributed by atoms with E-state index in [9.17, 15) is 39.2 Å². The van der Waals surface area contributed by atoms with E-state index in [0.29, 0.717) is 5.56 Å². The van der Waals surface area contributed by atoms with Gasteiger partial charge in [-0.15, -0.1) is 0 Å². The minimum absolute atomic E-state index is 0.349. The van der Waals surface area contributed by atoms with Crippen LogP contribution in [0, 0.1) is 23.3 Å². The molecule has 0 radical (unpaired) electrons. The average Bonchev–Trinajstić information content (AvgIpc) is 2.60. The monoisotopic (exact) mass is 417 g/mol. The van der Waals surface area contributed by atoms with Crippen LogP contribution in [-0.2, 0) is 16.6 Å². The van der Waals surface area contributed by atoms with Crippen molar-refractivity contribution in [3.05, 3.63) is 59.2 Å². The lowest BCUT2D eigenvalue weighted by Gasteiger charge is -2.16. The molecule has 0 spiro atoms. The van der Waals surface area contributed by atoms with E-state index in [0.717, 1.165) is 0 Å². The summed E-state index contributed by atoms with van der Waals surface area (Å²) in [4.78, 5) is -1.90. The molecule has 148 valence electrons. The molecule has 0 saturated carbocycles. The van der Waals surface area contributed by atoms with E-state index in [1.807, 2.05) is 0 Å². The van der Waals surface area contributed by atoms with Gasteiger partial charge in [0.2, 0.25) is 21.7 Å². The van der Waals surface area contributed by atoms with E-state index < -0.39 is 63.3 Å². The molecule has 0 aromatic heterocycles. The molecule has 0 bridgehead atoms. The number of sulfonamides is 1. The number of hydrogen-bond acceptors (Lipinski definition) is 3. The van der Waals surface area contributed by atoms with Crippen LogP contribution in [0.1, 0.15) is 5.56 Å². The van der Waals surface area contributed by atoms with E-state index in [4.69, 9.17) is 0 Å². The summed E-state index contributed by atoms with van der Waals surface area (Å²) in [6, 6.07) is 7.56. The maximum absolute atomic E-state index is 14.0. The van der Waals surface area contributed by atoms with Gasteiger partial charge < -0.3 is 4.74 Å². The molecule has 2 aromatic rings. The normalized spacial score (nSPS) is 12.3. The zero-order valence-corrected chi connectivity index (χ0v) is 13.9. The van der Waals surface area contributed by atoms with Gasteiger partial charge in [0, 0.05) is 6.54 Å². The molecule has 1 N–H and O–H groups in total. The number of nitrogens with one attached hydrogen (secondary N) is 1. The summed E-state index contributed by atoms with van der Waals surface area (Å²) < 4.78 is 122. The van der Waals surface area contributed by atoms with Crippen LogP contribution < -0.4 is 9.46 Å². The van der Waals surface area contributed by atoms with Crippen LogP contribution in [0.3, 0.4) is 0 Å². The smallest absolute Gasteiger partial charge is 0.422 e. The van der Waals surface area contributed by atoms with Gasteiger partial charge in [-0.3, -0.25) is 0 Å². The Morgan fingerprint density at radius 2 is 1.44 bits per heavy atom. The largest absolute Gasteiger partial charge is 0.479 e. The van der Waals surface area contributed by atoms with Gasteiger partial charge in [0.1, 0.15) is 0 Å². The Morgan fingerprint density at radius 3 is 2.00 bits per heavy atom. The van der Waals surface area contributed by atoms with Crippen LogP contribution >= 0.6 is 0 Å². The molecule has 4 nitrogen and oxygen atoms in total. The third kappa shape index (κ3) is 4.89. The molecule has 0 unspecified atom stereocenters. The van der Waals surface area contributed by atoms with Crippen molar-refractivity contribution >= 4 is 10.0 Å². The average molecular weight is 417 g/mol. The van der Waals surface area contributed by atoms with Gasteiger partial charge in [-0.05, 0) is 5.56 Å². The van der Waals surface area contributed by atoms with Gasteiger partial charge in [0.25, 0.3) is 0 Å². The molecular weight excluding hydrogens is 407 g/mol. The van der Waals surface area contributed by atoms with Crippen LogP contribution in [0.5, 0.6) is 5.75 Å². The van der Waals surface area contributed by atoms with Crippen molar-refractivity contribution in [1.82, 2.24) is 4.72 Å². The lowest BCUT2D eigenvalue weighted by molar-refractivity contribution is -0.154. The SMILES string of the molecule is O=S(=O)(NCc1ccccc1)c1c(F)c(F)c(F)c(F)c1OCC(F)(F)F. The number of alkyl halides is 3. The van der Waals surface area contributed by atoms with Crippen LogP contribution in [0.25, 0.3) is 0 Å². The summed E-state index contributed by atoms with van der Waals surface area (Å²) in [5.41, 5.74) is 0.349. The standard InChI is InChI=1S/C15H10F7NO3S/c16-9-10(17)12(19)14(13(11(9)18)26-7-15(20,21)22)27(24,25)23-6-8-4-2-1-3-5-8/h1-5,23H,6-7H2. The van der Waals surface area contributed by atoms with Gasteiger partial charge in [0.05, 0.1) is 0 Å². The van der Waals surface area contributed by atoms with Crippen molar-refractivity contribution in [3.63, 3.8) is 0 Å². The predicted molar refractivity (Wildman–Crippen MR) is 78.3 cm³/mol. The van der Waals surface area contributed by atoms with Crippen molar-refractivity contribution in [1.29, 1.82) is 0 Å². The molecule has 12 heteroatoms. The van der Waals surface area contributed by atoms with Gasteiger partial charge >= 0.3 is 6.18 Å². The molecule has 27 heavy (non-hydrogen) atoms. The van der Waals surface area contributed by atoms with E-state index in [2.05, 4.69) is 4.74 Å². The summed E-state index contributed by atoms with van der Waals surface area (Å²) in [5.74, 6) is -11.7. The molecule has 0 aliphatic rings. The zero-order chi connectivity index (χ0) is 20.4. The Kier molecular flexibility index (Phi) is 6.00. The van der Waals surface area contributed by atoms with Crippen LogP contribution in [0.2, 0.25) is 0 Å². The molecular formula is C15H10F7NO3S. The first-order valence-corrected chi connectivity index (χ1v) is 8.51. The number of hydrogen-bond donors (Lipinski definition) is 1. The molecule has 2 aromatic carbocycles. The lowest BCUT2D eigenvalue weighted by Crippen LogP contribution is -2.27. The Bertz CT molecular complexity index is 931.